The second-order valence-electron chi connectivity index (χ2n) is 7.41. The van der Waals surface area contributed by atoms with Crippen LogP contribution in [0.15, 0.2) is 36.4 Å². The van der Waals surface area contributed by atoms with E-state index < -0.39 is 15.4 Å². The Labute approximate surface area is 162 Å². The highest BCUT2D eigenvalue weighted by Crippen LogP contribution is 2.30. The standard InChI is InChI=1S/C19H21N3O3S2/c1-13-15-10-16(17(23)20-19(2)8-9-27(24,25)12-19)26-18(15)22(21-13)11-14-6-4-3-5-7-14/h3-7,10H,8-9,11-12H2,1-2H3,(H,20,23)/t19-/m0/s1. The molecular formula is C19H21N3O3S2. The van der Waals surface area contributed by atoms with Crippen LogP contribution in [0.25, 0.3) is 10.2 Å². The van der Waals surface area contributed by atoms with Gasteiger partial charge in [-0.1, -0.05) is 30.3 Å². The number of carbonyl (C=O) groups is 1. The van der Waals surface area contributed by atoms with E-state index in [-0.39, 0.29) is 17.4 Å². The van der Waals surface area contributed by atoms with Crippen molar-refractivity contribution in [3.8, 4) is 0 Å². The van der Waals surface area contributed by atoms with Crippen LogP contribution in [0.5, 0.6) is 0 Å². The van der Waals surface area contributed by atoms with E-state index >= 15 is 0 Å². The zero-order valence-corrected chi connectivity index (χ0v) is 16.9. The van der Waals surface area contributed by atoms with Crippen LogP contribution in [0.3, 0.4) is 0 Å². The van der Waals surface area contributed by atoms with Crippen molar-refractivity contribution in [3.05, 3.63) is 52.5 Å². The fourth-order valence-electron chi connectivity index (χ4n) is 3.53. The highest BCUT2D eigenvalue weighted by molar-refractivity contribution is 7.91. The number of aryl methyl sites for hydroxylation is 1. The van der Waals surface area contributed by atoms with Crippen molar-refractivity contribution >= 4 is 37.3 Å². The van der Waals surface area contributed by atoms with Crippen LogP contribution in [-0.4, -0.2) is 41.2 Å². The number of aromatic nitrogens is 2. The van der Waals surface area contributed by atoms with Crippen LogP contribution in [0.4, 0.5) is 0 Å². The molecule has 1 aromatic carbocycles. The van der Waals surface area contributed by atoms with Gasteiger partial charge in [-0.15, -0.1) is 11.3 Å². The number of hydrogen-bond acceptors (Lipinski definition) is 5. The van der Waals surface area contributed by atoms with Gasteiger partial charge in [-0.05, 0) is 31.9 Å². The van der Waals surface area contributed by atoms with Gasteiger partial charge in [0.1, 0.15) is 4.83 Å². The molecule has 0 saturated carbocycles. The number of carbonyl (C=O) groups excluding carboxylic acids is 1. The van der Waals surface area contributed by atoms with E-state index in [1.54, 1.807) is 6.92 Å². The van der Waals surface area contributed by atoms with Gasteiger partial charge in [0.05, 0.1) is 34.2 Å². The predicted octanol–water partition coefficient (Wildman–Crippen LogP) is 2.76. The Bertz CT molecular complexity index is 1120. The van der Waals surface area contributed by atoms with Crippen LogP contribution in [0, 0.1) is 6.92 Å². The fraction of sp³-hybridized carbons (Fsp3) is 0.368. The Hall–Kier alpha value is -2.19. The van der Waals surface area contributed by atoms with Gasteiger partial charge < -0.3 is 5.32 Å². The van der Waals surface area contributed by atoms with Crippen LogP contribution in [-0.2, 0) is 16.4 Å². The van der Waals surface area contributed by atoms with Crippen molar-refractivity contribution in [1.82, 2.24) is 15.1 Å². The van der Waals surface area contributed by atoms with Crippen molar-refractivity contribution in [1.29, 1.82) is 0 Å². The monoisotopic (exact) mass is 403 g/mol. The number of hydrogen-bond donors (Lipinski definition) is 1. The minimum absolute atomic E-state index is 0.00253. The van der Waals surface area contributed by atoms with Crippen molar-refractivity contribution in [2.75, 3.05) is 11.5 Å². The molecule has 1 fully saturated rings. The zero-order valence-electron chi connectivity index (χ0n) is 15.2. The van der Waals surface area contributed by atoms with Crippen molar-refractivity contribution in [3.63, 3.8) is 0 Å². The molecule has 1 N–H and O–H groups in total. The number of benzene rings is 1. The van der Waals surface area contributed by atoms with Gasteiger partial charge in [-0.2, -0.15) is 5.10 Å². The first-order valence-corrected chi connectivity index (χ1v) is 11.4. The number of fused-ring (bicyclic) bond motifs is 1. The largest absolute Gasteiger partial charge is 0.345 e. The minimum Gasteiger partial charge on any atom is -0.345 e. The van der Waals surface area contributed by atoms with Gasteiger partial charge in [0.2, 0.25) is 0 Å². The van der Waals surface area contributed by atoms with Gasteiger partial charge >= 0.3 is 0 Å². The van der Waals surface area contributed by atoms with Gasteiger partial charge in [-0.3, -0.25) is 9.48 Å². The Morgan fingerprint density at radius 3 is 2.74 bits per heavy atom. The number of amides is 1. The van der Waals surface area contributed by atoms with E-state index in [0.29, 0.717) is 17.8 Å². The van der Waals surface area contributed by atoms with E-state index in [4.69, 9.17) is 0 Å². The number of rotatable bonds is 4. The highest BCUT2D eigenvalue weighted by Gasteiger charge is 2.39. The summed E-state index contributed by atoms with van der Waals surface area (Å²) in [5, 5.41) is 8.49. The lowest BCUT2D eigenvalue weighted by Gasteiger charge is -2.23. The Kier molecular flexibility index (Phi) is 4.35. The van der Waals surface area contributed by atoms with E-state index in [0.717, 1.165) is 21.5 Å². The summed E-state index contributed by atoms with van der Waals surface area (Å²) >= 11 is 1.39. The van der Waals surface area contributed by atoms with Crippen LogP contribution >= 0.6 is 11.3 Å². The molecule has 8 heteroatoms. The quantitative estimate of drug-likeness (QED) is 0.726. The molecule has 1 aliphatic rings. The van der Waals surface area contributed by atoms with Crippen LogP contribution in [0.1, 0.15) is 34.3 Å². The summed E-state index contributed by atoms with van der Waals surface area (Å²) in [6.45, 7) is 4.37. The first-order valence-electron chi connectivity index (χ1n) is 8.79. The molecule has 1 atom stereocenters. The van der Waals surface area contributed by atoms with Crippen molar-refractivity contribution in [2.45, 2.75) is 32.4 Å². The van der Waals surface area contributed by atoms with E-state index in [1.807, 2.05) is 48.0 Å². The molecule has 142 valence electrons. The molecule has 1 saturated heterocycles. The molecule has 0 spiro atoms. The fourth-order valence-corrected chi connectivity index (χ4v) is 6.68. The van der Waals surface area contributed by atoms with Gasteiger partial charge in [-0.25, -0.2) is 8.42 Å². The summed E-state index contributed by atoms with van der Waals surface area (Å²) in [4.78, 5) is 14.3. The first kappa shape index (κ1) is 18.2. The summed E-state index contributed by atoms with van der Waals surface area (Å²) in [5.74, 6) is -0.0971. The molecule has 4 rings (SSSR count). The van der Waals surface area contributed by atoms with Gasteiger partial charge in [0, 0.05) is 5.39 Å². The molecule has 0 bridgehead atoms. The first-order chi connectivity index (χ1) is 12.7. The summed E-state index contributed by atoms with van der Waals surface area (Å²) in [6, 6.07) is 11.9. The molecule has 0 aliphatic carbocycles. The Balaban J connectivity index is 1.60. The third-order valence-electron chi connectivity index (χ3n) is 4.92. The number of sulfone groups is 1. The van der Waals surface area contributed by atoms with Crippen LogP contribution in [0.2, 0.25) is 0 Å². The number of nitrogens with one attached hydrogen (secondary N) is 1. The number of nitrogens with zero attached hydrogens (tertiary/aromatic N) is 2. The zero-order chi connectivity index (χ0) is 19.2. The molecule has 0 radical (unpaired) electrons. The third-order valence-corrected chi connectivity index (χ3v) is 7.98. The SMILES string of the molecule is Cc1nn(Cc2ccccc2)c2sc(C(=O)N[C@@]3(C)CCS(=O)(=O)C3)cc12. The average Bonchev–Trinajstić information content (AvgIpc) is 3.23. The normalized spacial score (nSPS) is 21.6. The van der Waals surface area contributed by atoms with Crippen molar-refractivity contribution < 1.29 is 13.2 Å². The van der Waals surface area contributed by atoms with E-state index in [1.165, 1.54) is 11.3 Å². The lowest BCUT2D eigenvalue weighted by atomic mass is 10.0. The molecule has 2 aromatic heterocycles. The highest BCUT2D eigenvalue weighted by atomic mass is 32.2. The summed E-state index contributed by atoms with van der Waals surface area (Å²) in [6.07, 6.45) is 0.451. The summed E-state index contributed by atoms with van der Waals surface area (Å²) in [5.41, 5.74) is 1.33. The molecule has 3 aromatic rings. The second kappa shape index (κ2) is 6.45. The van der Waals surface area contributed by atoms with E-state index in [2.05, 4.69) is 10.4 Å². The Morgan fingerprint density at radius 1 is 1.33 bits per heavy atom. The lowest BCUT2D eigenvalue weighted by Crippen LogP contribution is -2.46. The van der Waals surface area contributed by atoms with Gasteiger partial charge in [0.15, 0.2) is 9.84 Å². The second-order valence-corrected chi connectivity index (χ2v) is 10.6. The maximum atomic E-state index is 12.7. The molecule has 6 nitrogen and oxygen atoms in total. The Morgan fingerprint density at radius 2 is 2.07 bits per heavy atom. The lowest BCUT2D eigenvalue weighted by molar-refractivity contribution is 0.0919. The third kappa shape index (κ3) is 3.64. The molecule has 3 heterocycles. The van der Waals surface area contributed by atoms with Crippen molar-refractivity contribution in [2.24, 2.45) is 0 Å². The minimum atomic E-state index is -3.07. The topological polar surface area (TPSA) is 81.1 Å². The smallest absolute Gasteiger partial charge is 0.261 e. The number of thiophene rings is 1. The molecule has 27 heavy (non-hydrogen) atoms. The predicted molar refractivity (Wildman–Crippen MR) is 107 cm³/mol. The summed E-state index contributed by atoms with van der Waals surface area (Å²) < 4.78 is 25.5. The molecular weight excluding hydrogens is 382 g/mol. The molecule has 1 aliphatic heterocycles. The van der Waals surface area contributed by atoms with Crippen LogP contribution < -0.4 is 5.32 Å². The summed E-state index contributed by atoms with van der Waals surface area (Å²) in [7, 11) is -3.07. The maximum Gasteiger partial charge on any atom is 0.261 e. The maximum absolute atomic E-state index is 12.7. The molecule has 0 unspecified atom stereocenters. The van der Waals surface area contributed by atoms with Gasteiger partial charge in [0.25, 0.3) is 5.91 Å². The van der Waals surface area contributed by atoms with E-state index in [9.17, 15) is 13.2 Å². The average molecular weight is 404 g/mol. The molecule has 1 amide bonds.